The molecule has 2 aromatic rings. The molecule has 0 unspecified atom stereocenters. The van der Waals surface area contributed by atoms with Crippen LogP contribution in [0.4, 0.5) is 0 Å². The van der Waals surface area contributed by atoms with Crippen molar-refractivity contribution in [1.82, 2.24) is 0 Å². The Bertz CT molecular complexity index is 762. The van der Waals surface area contributed by atoms with Crippen LogP contribution < -0.4 is 0 Å². The van der Waals surface area contributed by atoms with Gasteiger partial charge in [0, 0.05) is 5.41 Å². The van der Waals surface area contributed by atoms with Crippen LogP contribution in [0.25, 0.3) is 11.1 Å². The molecule has 0 aromatic heterocycles. The van der Waals surface area contributed by atoms with E-state index in [0.29, 0.717) is 0 Å². The molecule has 0 fully saturated rings. The third-order valence-electron chi connectivity index (χ3n) is 5.35. The lowest BCUT2D eigenvalue weighted by atomic mass is 9.73. The van der Waals surface area contributed by atoms with Crippen LogP contribution in [0, 0.1) is 0 Å². The van der Waals surface area contributed by atoms with Crippen LogP contribution in [0.1, 0.15) is 77.6 Å². The van der Waals surface area contributed by atoms with E-state index in [1.807, 2.05) is 0 Å². The molecule has 0 heterocycles. The summed E-state index contributed by atoms with van der Waals surface area (Å²) in [7, 11) is 0. The lowest BCUT2D eigenvalue weighted by molar-refractivity contribution is 0.554. The van der Waals surface area contributed by atoms with Crippen molar-refractivity contribution >= 4 is 0 Å². The van der Waals surface area contributed by atoms with Crippen LogP contribution in [0.2, 0.25) is 0 Å². The molecule has 1 aliphatic carbocycles. The Hall–Kier alpha value is -1.56. The molecule has 0 radical (unpaired) electrons. The summed E-state index contributed by atoms with van der Waals surface area (Å²) < 4.78 is 0. The van der Waals surface area contributed by atoms with Gasteiger partial charge in [0.15, 0.2) is 0 Å². The van der Waals surface area contributed by atoms with E-state index in [2.05, 4.69) is 91.8 Å². The van der Waals surface area contributed by atoms with Crippen LogP contribution >= 0.6 is 0 Å². The zero-order valence-corrected chi connectivity index (χ0v) is 16.0. The van der Waals surface area contributed by atoms with Gasteiger partial charge < -0.3 is 0 Å². The summed E-state index contributed by atoms with van der Waals surface area (Å²) in [6.45, 7) is 18.6. The zero-order chi connectivity index (χ0) is 17.2. The second-order valence-corrected chi connectivity index (χ2v) is 9.61. The smallest absolute Gasteiger partial charge is 0.0161 e. The molecule has 0 saturated carbocycles. The summed E-state index contributed by atoms with van der Waals surface area (Å²) in [5.41, 5.74) is 9.18. The third kappa shape index (κ3) is 2.43. The van der Waals surface area contributed by atoms with E-state index < -0.39 is 0 Å². The van der Waals surface area contributed by atoms with E-state index in [9.17, 15) is 0 Å². The van der Waals surface area contributed by atoms with Gasteiger partial charge in [-0.25, -0.2) is 0 Å². The normalized spacial score (nSPS) is 16.2. The van der Waals surface area contributed by atoms with Gasteiger partial charge in [-0.1, -0.05) is 91.8 Å². The average molecular weight is 306 g/mol. The van der Waals surface area contributed by atoms with Crippen molar-refractivity contribution in [3.63, 3.8) is 0 Å². The molecule has 0 bridgehead atoms. The maximum atomic E-state index is 2.45. The first-order chi connectivity index (χ1) is 10.4. The molecule has 122 valence electrons. The highest BCUT2D eigenvalue weighted by atomic mass is 14.4. The lowest BCUT2D eigenvalue weighted by Gasteiger charge is -2.31. The molecule has 0 saturated heterocycles. The Morgan fingerprint density at radius 2 is 1.39 bits per heavy atom. The van der Waals surface area contributed by atoms with Gasteiger partial charge in [0.1, 0.15) is 0 Å². The average Bonchev–Trinajstić information content (AvgIpc) is 2.66. The van der Waals surface area contributed by atoms with Gasteiger partial charge in [0.25, 0.3) is 0 Å². The van der Waals surface area contributed by atoms with Crippen molar-refractivity contribution in [2.45, 2.75) is 71.6 Å². The molecule has 0 amide bonds. The number of benzene rings is 2. The second kappa shape index (κ2) is 4.72. The Balaban J connectivity index is 2.31. The first kappa shape index (κ1) is 16.3. The van der Waals surface area contributed by atoms with Crippen molar-refractivity contribution in [2.75, 3.05) is 0 Å². The molecule has 3 rings (SSSR count). The number of rotatable bonds is 0. The minimum atomic E-state index is 0.0653. The fourth-order valence-corrected chi connectivity index (χ4v) is 3.97. The minimum Gasteiger partial charge on any atom is -0.0613 e. The summed E-state index contributed by atoms with van der Waals surface area (Å²) in [4.78, 5) is 0. The number of hydrogen-bond acceptors (Lipinski definition) is 0. The molecule has 0 N–H and O–H groups in total. The molecular weight excluding hydrogens is 276 g/mol. The molecule has 0 heteroatoms. The van der Waals surface area contributed by atoms with Crippen molar-refractivity contribution in [1.29, 1.82) is 0 Å². The Morgan fingerprint density at radius 1 is 0.739 bits per heavy atom. The van der Waals surface area contributed by atoms with Crippen LogP contribution in [0.3, 0.4) is 0 Å². The molecule has 2 aromatic carbocycles. The molecule has 1 aliphatic rings. The highest BCUT2D eigenvalue weighted by molar-refractivity contribution is 5.82. The standard InChI is InChI=1S/C23H30/c1-21(2,3)15-12-13-16-17-10-9-11-18(22(4,5)6)20(17)23(7,8)19(16)14-15/h9-14H,1-8H3. The maximum absolute atomic E-state index is 2.45. The maximum Gasteiger partial charge on any atom is 0.0161 e. The first-order valence-electron chi connectivity index (χ1n) is 8.73. The van der Waals surface area contributed by atoms with Crippen molar-refractivity contribution in [2.24, 2.45) is 0 Å². The van der Waals surface area contributed by atoms with Gasteiger partial charge in [-0.2, -0.15) is 0 Å². The minimum absolute atomic E-state index is 0.0653. The summed E-state index contributed by atoms with van der Waals surface area (Å²) in [5, 5.41) is 0. The summed E-state index contributed by atoms with van der Waals surface area (Å²) in [6, 6.07) is 13.9. The number of fused-ring (bicyclic) bond motifs is 3. The molecule has 0 nitrogen and oxygen atoms in total. The van der Waals surface area contributed by atoms with E-state index >= 15 is 0 Å². The quantitative estimate of drug-likeness (QED) is 0.515. The second-order valence-electron chi connectivity index (χ2n) is 9.61. The predicted octanol–water partition coefficient (Wildman–Crippen LogP) is 6.59. The molecule has 0 spiro atoms. The van der Waals surface area contributed by atoms with E-state index in [4.69, 9.17) is 0 Å². The predicted molar refractivity (Wildman–Crippen MR) is 101 cm³/mol. The van der Waals surface area contributed by atoms with Gasteiger partial charge >= 0.3 is 0 Å². The van der Waals surface area contributed by atoms with Gasteiger partial charge in [-0.05, 0) is 44.2 Å². The molecule has 0 aliphatic heterocycles. The fraction of sp³-hybridized carbons (Fsp3) is 0.478. The van der Waals surface area contributed by atoms with E-state index in [1.54, 1.807) is 0 Å². The SMILES string of the molecule is CC(C)(C)c1ccc2c(c1)C(C)(C)c1c-2cccc1C(C)(C)C. The third-order valence-corrected chi connectivity index (χ3v) is 5.35. The fourth-order valence-electron chi connectivity index (χ4n) is 3.97. The van der Waals surface area contributed by atoms with Crippen LogP contribution in [-0.4, -0.2) is 0 Å². The van der Waals surface area contributed by atoms with Crippen molar-refractivity contribution < 1.29 is 0 Å². The lowest BCUT2D eigenvalue weighted by Crippen LogP contribution is -2.23. The molecule has 23 heavy (non-hydrogen) atoms. The summed E-state index contributed by atoms with van der Waals surface area (Å²) >= 11 is 0. The molecule has 0 atom stereocenters. The van der Waals surface area contributed by atoms with Crippen molar-refractivity contribution in [3.05, 3.63) is 58.7 Å². The highest BCUT2D eigenvalue weighted by Gasteiger charge is 2.39. The monoisotopic (exact) mass is 306 g/mol. The highest BCUT2D eigenvalue weighted by Crippen LogP contribution is 2.52. The number of hydrogen-bond donors (Lipinski definition) is 0. The van der Waals surface area contributed by atoms with Gasteiger partial charge in [0.2, 0.25) is 0 Å². The van der Waals surface area contributed by atoms with Crippen LogP contribution in [-0.2, 0) is 16.2 Å². The Labute approximate surface area is 141 Å². The largest absolute Gasteiger partial charge is 0.0613 e. The van der Waals surface area contributed by atoms with E-state index in [0.717, 1.165) is 0 Å². The first-order valence-corrected chi connectivity index (χ1v) is 8.73. The Morgan fingerprint density at radius 3 is 1.96 bits per heavy atom. The summed E-state index contributed by atoms with van der Waals surface area (Å²) in [6.07, 6.45) is 0. The van der Waals surface area contributed by atoms with Crippen LogP contribution in [0.15, 0.2) is 36.4 Å². The van der Waals surface area contributed by atoms with Gasteiger partial charge in [-0.15, -0.1) is 0 Å². The van der Waals surface area contributed by atoms with Gasteiger partial charge in [-0.3, -0.25) is 0 Å². The van der Waals surface area contributed by atoms with Gasteiger partial charge in [0.05, 0.1) is 0 Å². The molecular formula is C23H30. The topological polar surface area (TPSA) is 0 Å². The van der Waals surface area contributed by atoms with E-state index in [-0.39, 0.29) is 16.2 Å². The Kier molecular flexibility index (Phi) is 3.35. The van der Waals surface area contributed by atoms with Crippen LogP contribution in [0.5, 0.6) is 0 Å². The zero-order valence-electron chi connectivity index (χ0n) is 16.0. The summed E-state index contributed by atoms with van der Waals surface area (Å²) in [5.74, 6) is 0. The van der Waals surface area contributed by atoms with E-state index in [1.165, 1.54) is 33.4 Å². The van der Waals surface area contributed by atoms with Crippen molar-refractivity contribution in [3.8, 4) is 11.1 Å².